The molecule has 3 aromatic heterocycles. The summed E-state index contributed by atoms with van der Waals surface area (Å²) in [6, 6.07) is 1.08. The van der Waals surface area contributed by atoms with Crippen molar-refractivity contribution in [3.8, 4) is 0 Å². The van der Waals surface area contributed by atoms with E-state index in [0.717, 1.165) is 5.56 Å². The monoisotopic (exact) mass is 474 g/mol. The lowest BCUT2D eigenvalue weighted by atomic mass is 9.81. The number of hydrogen-bond donors (Lipinski definition) is 2. The van der Waals surface area contributed by atoms with E-state index in [4.69, 9.17) is 0 Å². The zero-order chi connectivity index (χ0) is 23.9. The minimum Gasteiger partial charge on any atom is -0.342 e. The molecule has 1 saturated heterocycles. The molecule has 180 valence electrons. The summed E-state index contributed by atoms with van der Waals surface area (Å²) in [5.74, 6) is -3.44. The van der Waals surface area contributed by atoms with Gasteiger partial charge < -0.3 is 15.5 Å². The highest BCUT2D eigenvalue weighted by atomic mass is 19.3. The molecule has 1 saturated carbocycles. The second-order valence-corrected chi connectivity index (χ2v) is 8.83. The molecule has 5 rings (SSSR count). The number of fused-ring (bicyclic) bond motifs is 1. The van der Waals surface area contributed by atoms with E-state index in [2.05, 4.69) is 35.7 Å². The number of nitrogens with zero attached hydrogens (tertiary/aromatic N) is 6. The van der Waals surface area contributed by atoms with Crippen molar-refractivity contribution in [3.63, 3.8) is 0 Å². The minimum atomic E-state index is -2.70. The first kappa shape index (κ1) is 22.2. The standard InChI is InChI=1S/C21H24F2N8O3/c1-12-17(29-34-28-12)19(32)27-18(14-2-4-21(22,23)5-3-14)15-11-31-16(26-15)8-13(9-25-31)10-30-7-6-24-20(30)33/h8-9,11,14,18H,2-7,10H2,1H3,(H,24,33)(H,27,32)/t18-/m0/s1. The molecule has 0 aromatic carbocycles. The van der Waals surface area contributed by atoms with Gasteiger partial charge >= 0.3 is 6.03 Å². The molecule has 1 aliphatic heterocycles. The number of aryl methyl sites for hydroxylation is 1. The van der Waals surface area contributed by atoms with Crippen LogP contribution in [0.5, 0.6) is 0 Å². The van der Waals surface area contributed by atoms with Gasteiger partial charge in [0.2, 0.25) is 5.92 Å². The number of rotatable bonds is 6. The lowest BCUT2D eigenvalue weighted by Gasteiger charge is -2.33. The Bertz CT molecular complexity index is 1220. The van der Waals surface area contributed by atoms with E-state index < -0.39 is 17.9 Å². The van der Waals surface area contributed by atoms with Gasteiger partial charge in [-0.3, -0.25) is 4.79 Å². The molecule has 13 heteroatoms. The average molecular weight is 474 g/mol. The first-order valence-corrected chi connectivity index (χ1v) is 11.1. The number of aromatic nitrogens is 5. The second kappa shape index (κ2) is 8.61. The van der Waals surface area contributed by atoms with E-state index in [0.29, 0.717) is 36.7 Å². The lowest BCUT2D eigenvalue weighted by Crippen LogP contribution is -2.37. The highest BCUT2D eigenvalue weighted by Crippen LogP contribution is 2.41. The first-order valence-electron chi connectivity index (χ1n) is 11.1. The summed E-state index contributed by atoms with van der Waals surface area (Å²) in [5, 5.41) is 17.3. The van der Waals surface area contributed by atoms with Crippen molar-refractivity contribution in [2.24, 2.45) is 5.92 Å². The number of hydrogen-bond acceptors (Lipinski definition) is 7. The SMILES string of the molecule is Cc1nonc1C(=O)N[C@H](c1cn2ncc(CN3CCNC3=O)cc2n1)C1CCC(F)(F)CC1. The third-order valence-corrected chi connectivity index (χ3v) is 6.42. The molecule has 2 N–H and O–H groups in total. The van der Waals surface area contributed by atoms with Crippen molar-refractivity contribution in [3.05, 3.63) is 41.1 Å². The van der Waals surface area contributed by atoms with Gasteiger partial charge in [0.25, 0.3) is 5.91 Å². The van der Waals surface area contributed by atoms with Gasteiger partial charge in [0, 0.05) is 32.5 Å². The van der Waals surface area contributed by atoms with Crippen LogP contribution < -0.4 is 10.6 Å². The number of halogens is 2. The van der Waals surface area contributed by atoms with E-state index in [-0.39, 0.29) is 43.3 Å². The maximum Gasteiger partial charge on any atom is 0.317 e. The molecule has 0 bridgehead atoms. The lowest BCUT2D eigenvalue weighted by molar-refractivity contribution is -0.0495. The molecule has 2 aliphatic rings. The predicted molar refractivity (Wildman–Crippen MR) is 113 cm³/mol. The Hall–Kier alpha value is -3.64. The smallest absolute Gasteiger partial charge is 0.317 e. The molecule has 0 radical (unpaired) electrons. The van der Waals surface area contributed by atoms with Crippen molar-refractivity contribution in [1.82, 2.24) is 40.4 Å². The molecule has 2 fully saturated rings. The Morgan fingerprint density at radius 3 is 2.82 bits per heavy atom. The van der Waals surface area contributed by atoms with Gasteiger partial charge in [0.05, 0.1) is 24.1 Å². The maximum absolute atomic E-state index is 13.8. The summed E-state index contributed by atoms with van der Waals surface area (Å²) in [7, 11) is 0. The zero-order valence-corrected chi connectivity index (χ0v) is 18.5. The fraction of sp³-hybridized carbons (Fsp3) is 0.524. The van der Waals surface area contributed by atoms with Crippen LogP contribution in [-0.4, -0.2) is 60.8 Å². The molecular weight excluding hydrogens is 450 g/mol. The van der Waals surface area contributed by atoms with Crippen molar-refractivity contribution in [2.45, 2.75) is 51.1 Å². The topological polar surface area (TPSA) is 131 Å². The third kappa shape index (κ3) is 4.41. The maximum atomic E-state index is 13.8. The molecular formula is C21H24F2N8O3. The van der Waals surface area contributed by atoms with Gasteiger partial charge in [-0.1, -0.05) is 5.16 Å². The Balaban J connectivity index is 1.42. The zero-order valence-electron chi connectivity index (χ0n) is 18.5. The van der Waals surface area contributed by atoms with E-state index in [1.807, 2.05) is 6.07 Å². The van der Waals surface area contributed by atoms with Gasteiger partial charge in [0.1, 0.15) is 5.69 Å². The number of carbonyl (C=O) groups is 2. The van der Waals surface area contributed by atoms with Crippen molar-refractivity contribution in [2.75, 3.05) is 13.1 Å². The molecule has 0 spiro atoms. The molecule has 3 amide bonds. The van der Waals surface area contributed by atoms with Crippen molar-refractivity contribution >= 4 is 17.6 Å². The highest BCUT2D eigenvalue weighted by Gasteiger charge is 2.39. The molecule has 3 aromatic rings. The van der Waals surface area contributed by atoms with Gasteiger partial charge in [-0.15, -0.1) is 0 Å². The summed E-state index contributed by atoms with van der Waals surface area (Å²) in [6.07, 6.45) is 3.33. The largest absolute Gasteiger partial charge is 0.342 e. The molecule has 34 heavy (non-hydrogen) atoms. The predicted octanol–water partition coefficient (Wildman–Crippen LogP) is 2.24. The minimum absolute atomic E-state index is 0.0409. The van der Waals surface area contributed by atoms with E-state index in [9.17, 15) is 18.4 Å². The van der Waals surface area contributed by atoms with Crippen molar-refractivity contribution < 1.29 is 23.0 Å². The van der Waals surface area contributed by atoms with E-state index >= 15 is 0 Å². The highest BCUT2D eigenvalue weighted by molar-refractivity contribution is 5.93. The normalized spacial score (nSPS) is 19.4. The van der Waals surface area contributed by atoms with Crippen LogP contribution in [-0.2, 0) is 6.54 Å². The van der Waals surface area contributed by atoms with E-state index in [1.54, 1.807) is 28.7 Å². The van der Waals surface area contributed by atoms with Gasteiger partial charge in [-0.25, -0.2) is 27.7 Å². The number of amides is 3. The van der Waals surface area contributed by atoms with Crippen LogP contribution in [0.15, 0.2) is 23.1 Å². The fourth-order valence-electron chi connectivity index (χ4n) is 4.53. The fourth-order valence-corrected chi connectivity index (χ4v) is 4.53. The Morgan fingerprint density at radius 2 is 2.15 bits per heavy atom. The van der Waals surface area contributed by atoms with Crippen LogP contribution in [0, 0.1) is 12.8 Å². The van der Waals surface area contributed by atoms with Crippen molar-refractivity contribution in [1.29, 1.82) is 0 Å². The molecule has 0 unspecified atom stereocenters. The summed E-state index contributed by atoms with van der Waals surface area (Å²) in [6.45, 7) is 3.21. The van der Waals surface area contributed by atoms with Crippen LogP contribution in [0.3, 0.4) is 0 Å². The van der Waals surface area contributed by atoms with Gasteiger partial charge in [-0.2, -0.15) is 5.10 Å². The number of urea groups is 1. The number of imidazole rings is 1. The van der Waals surface area contributed by atoms with Crippen LogP contribution in [0.4, 0.5) is 13.6 Å². The average Bonchev–Trinajstić information content (AvgIpc) is 3.52. The van der Waals surface area contributed by atoms with Crippen LogP contribution in [0.2, 0.25) is 0 Å². The number of carbonyl (C=O) groups excluding carboxylic acids is 2. The first-order chi connectivity index (χ1) is 16.3. The molecule has 1 aliphatic carbocycles. The van der Waals surface area contributed by atoms with E-state index in [1.165, 1.54) is 0 Å². The number of nitrogens with one attached hydrogen (secondary N) is 2. The van der Waals surface area contributed by atoms with Gasteiger partial charge in [0.15, 0.2) is 11.3 Å². The van der Waals surface area contributed by atoms with Gasteiger partial charge in [-0.05, 0) is 42.5 Å². The Labute approximate surface area is 192 Å². The Kier molecular flexibility index (Phi) is 5.62. The Morgan fingerprint density at radius 1 is 1.35 bits per heavy atom. The molecule has 11 nitrogen and oxygen atoms in total. The third-order valence-electron chi connectivity index (χ3n) is 6.42. The molecule has 1 atom stereocenters. The second-order valence-electron chi connectivity index (χ2n) is 8.83. The summed E-state index contributed by atoms with van der Waals surface area (Å²) in [4.78, 5) is 31.0. The summed E-state index contributed by atoms with van der Waals surface area (Å²) < 4.78 is 33.8. The number of alkyl halides is 2. The quantitative estimate of drug-likeness (QED) is 0.560. The van der Waals surface area contributed by atoms with Crippen LogP contribution in [0.25, 0.3) is 5.65 Å². The summed E-state index contributed by atoms with van der Waals surface area (Å²) in [5.41, 5.74) is 2.23. The van der Waals surface area contributed by atoms with Crippen LogP contribution in [0.1, 0.15) is 59.2 Å². The molecule has 4 heterocycles. The summed E-state index contributed by atoms with van der Waals surface area (Å²) >= 11 is 0. The van der Waals surface area contributed by atoms with Crippen LogP contribution >= 0.6 is 0 Å².